The van der Waals surface area contributed by atoms with Crippen LogP contribution >= 0.6 is 0 Å². The number of pyridine rings is 1. The molecular formula is C14H9N3O4. The van der Waals surface area contributed by atoms with Crippen molar-refractivity contribution in [3.8, 4) is 12.1 Å². The van der Waals surface area contributed by atoms with Crippen LogP contribution in [0.4, 0.5) is 0 Å². The third kappa shape index (κ3) is 2.07. The summed E-state index contributed by atoms with van der Waals surface area (Å²) in [5.74, 6) is -1.59. The molecule has 0 saturated carbocycles. The molecule has 0 atom stereocenters. The second-order valence-electron chi connectivity index (χ2n) is 3.98. The van der Waals surface area contributed by atoms with Crippen molar-refractivity contribution in [2.45, 2.75) is 0 Å². The van der Waals surface area contributed by atoms with E-state index in [1.807, 2.05) is 12.1 Å². The number of ether oxygens (including phenoxy) is 2. The fourth-order valence-corrected chi connectivity index (χ4v) is 2.04. The van der Waals surface area contributed by atoms with E-state index in [-0.39, 0.29) is 27.9 Å². The Labute approximate surface area is 119 Å². The smallest absolute Gasteiger partial charge is 0.341 e. The topological polar surface area (TPSA) is 105 Å². The highest BCUT2D eigenvalue weighted by molar-refractivity contribution is 6.10. The monoisotopic (exact) mass is 283 g/mol. The first-order valence-corrected chi connectivity index (χ1v) is 5.73. The largest absolute Gasteiger partial charge is 0.465 e. The van der Waals surface area contributed by atoms with Gasteiger partial charge >= 0.3 is 11.9 Å². The van der Waals surface area contributed by atoms with E-state index in [0.717, 1.165) is 7.11 Å². The summed E-state index contributed by atoms with van der Waals surface area (Å²) >= 11 is 0. The Bertz CT molecular complexity index is 836. The van der Waals surface area contributed by atoms with Crippen LogP contribution in [0.15, 0.2) is 18.3 Å². The van der Waals surface area contributed by atoms with Crippen LogP contribution in [0.3, 0.4) is 0 Å². The summed E-state index contributed by atoms with van der Waals surface area (Å²) in [6, 6.07) is 6.72. The molecule has 7 nitrogen and oxygen atoms in total. The molecule has 0 radical (unpaired) electrons. The normalized spacial score (nSPS) is 9.71. The SMILES string of the molecule is COC(=O)c1c(C(=O)OC)c2ccc(C#N)cn2c1C#N. The van der Waals surface area contributed by atoms with Crippen LogP contribution in [-0.2, 0) is 9.47 Å². The van der Waals surface area contributed by atoms with Crippen molar-refractivity contribution in [1.29, 1.82) is 10.5 Å². The molecule has 0 bridgehead atoms. The Morgan fingerprint density at radius 1 is 1.05 bits per heavy atom. The average molecular weight is 283 g/mol. The fourth-order valence-electron chi connectivity index (χ4n) is 2.04. The highest BCUT2D eigenvalue weighted by Crippen LogP contribution is 2.25. The summed E-state index contributed by atoms with van der Waals surface area (Å²) in [5.41, 5.74) is 0.237. The van der Waals surface area contributed by atoms with Gasteiger partial charge in [-0.1, -0.05) is 0 Å². The number of esters is 2. The van der Waals surface area contributed by atoms with E-state index in [9.17, 15) is 14.9 Å². The number of carbonyl (C=O) groups is 2. The van der Waals surface area contributed by atoms with Crippen LogP contribution in [0.1, 0.15) is 32.0 Å². The van der Waals surface area contributed by atoms with Crippen LogP contribution in [-0.4, -0.2) is 30.6 Å². The number of nitrogens with zero attached hydrogens (tertiary/aromatic N) is 3. The van der Waals surface area contributed by atoms with Gasteiger partial charge in [0.25, 0.3) is 0 Å². The summed E-state index contributed by atoms with van der Waals surface area (Å²) in [5, 5.41) is 18.2. The van der Waals surface area contributed by atoms with E-state index in [2.05, 4.69) is 9.47 Å². The molecule has 2 aromatic rings. The molecule has 2 aromatic heterocycles. The maximum absolute atomic E-state index is 11.9. The third-order valence-corrected chi connectivity index (χ3v) is 2.95. The van der Waals surface area contributed by atoms with Crippen molar-refractivity contribution in [2.24, 2.45) is 0 Å². The molecule has 2 heterocycles. The zero-order valence-electron chi connectivity index (χ0n) is 11.2. The van der Waals surface area contributed by atoms with Gasteiger partial charge in [-0.25, -0.2) is 9.59 Å². The zero-order chi connectivity index (χ0) is 15.6. The number of carbonyl (C=O) groups excluding carboxylic acids is 2. The Morgan fingerprint density at radius 2 is 1.67 bits per heavy atom. The van der Waals surface area contributed by atoms with E-state index < -0.39 is 11.9 Å². The van der Waals surface area contributed by atoms with Gasteiger partial charge in [0, 0.05) is 6.20 Å². The molecule has 0 N–H and O–H groups in total. The van der Waals surface area contributed by atoms with Gasteiger partial charge in [-0.15, -0.1) is 0 Å². The van der Waals surface area contributed by atoms with Crippen molar-refractivity contribution < 1.29 is 19.1 Å². The first kappa shape index (κ1) is 14.1. The predicted octanol–water partition coefficient (Wildman–Crippen LogP) is 1.26. The lowest BCUT2D eigenvalue weighted by atomic mass is 10.1. The number of rotatable bonds is 2. The Kier molecular flexibility index (Phi) is 3.59. The lowest BCUT2D eigenvalue weighted by Gasteiger charge is -2.01. The molecule has 0 aliphatic heterocycles. The van der Waals surface area contributed by atoms with Crippen LogP contribution in [0, 0.1) is 22.7 Å². The quantitative estimate of drug-likeness (QED) is 0.768. The minimum absolute atomic E-state index is 0.0645. The molecule has 0 aromatic carbocycles. The molecule has 0 amide bonds. The molecular weight excluding hydrogens is 274 g/mol. The number of aromatic nitrogens is 1. The molecule has 0 unspecified atom stereocenters. The summed E-state index contributed by atoms with van der Waals surface area (Å²) in [4.78, 5) is 23.8. The Morgan fingerprint density at radius 3 is 2.19 bits per heavy atom. The van der Waals surface area contributed by atoms with Gasteiger partial charge in [-0.2, -0.15) is 10.5 Å². The summed E-state index contributed by atoms with van der Waals surface area (Å²) in [6.07, 6.45) is 1.37. The Hall–Kier alpha value is -3.32. The van der Waals surface area contributed by atoms with Gasteiger partial charge in [0.1, 0.15) is 29.0 Å². The molecule has 2 rings (SSSR count). The fraction of sp³-hybridized carbons (Fsp3) is 0.143. The van der Waals surface area contributed by atoms with Crippen LogP contribution in [0.25, 0.3) is 5.52 Å². The van der Waals surface area contributed by atoms with E-state index in [4.69, 9.17) is 5.26 Å². The molecule has 0 fully saturated rings. The van der Waals surface area contributed by atoms with Gasteiger partial charge in [-0.05, 0) is 12.1 Å². The Balaban J connectivity index is 2.98. The molecule has 0 aliphatic rings. The van der Waals surface area contributed by atoms with Gasteiger partial charge in [0.05, 0.1) is 25.3 Å². The van der Waals surface area contributed by atoms with Gasteiger partial charge in [0.15, 0.2) is 0 Å². The standard InChI is InChI=1S/C14H9N3O4/c1-20-13(18)11-9-4-3-8(5-15)7-17(9)10(6-16)12(11)14(19)21-2/h3-4,7H,1-2H3. The van der Waals surface area contributed by atoms with Gasteiger partial charge in [-0.3, -0.25) is 0 Å². The summed E-state index contributed by atoms with van der Waals surface area (Å²) in [6.45, 7) is 0. The lowest BCUT2D eigenvalue weighted by Crippen LogP contribution is -2.10. The third-order valence-electron chi connectivity index (χ3n) is 2.95. The van der Waals surface area contributed by atoms with E-state index in [1.165, 1.54) is 29.8 Å². The molecule has 0 spiro atoms. The van der Waals surface area contributed by atoms with E-state index >= 15 is 0 Å². The van der Waals surface area contributed by atoms with Crippen LogP contribution in [0.2, 0.25) is 0 Å². The van der Waals surface area contributed by atoms with Crippen molar-refractivity contribution in [3.63, 3.8) is 0 Å². The van der Waals surface area contributed by atoms with Gasteiger partial charge in [0.2, 0.25) is 0 Å². The molecule has 7 heteroatoms. The minimum atomic E-state index is -0.825. The van der Waals surface area contributed by atoms with E-state index in [1.54, 1.807) is 0 Å². The molecule has 21 heavy (non-hydrogen) atoms. The molecule has 0 saturated heterocycles. The number of nitriles is 2. The highest BCUT2D eigenvalue weighted by Gasteiger charge is 2.29. The lowest BCUT2D eigenvalue weighted by molar-refractivity contribution is 0.0557. The van der Waals surface area contributed by atoms with Gasteiger partial charge < -0.3 is 13.9 Å². The molecule has 104 valence electrons. The number of hydrogen-bond donors (Lipinski definition) is 0. The number of hydrogen-bond acceptors (Lipinski definition) is 6. The van der Waals surface area contributed by atoms with Crippen molar-refractivity contribution >= 4 is 17.5 Å². The van der Waals surface area contributed by atoms with Crippen molar-refractivity contribution in [3.05, 3.63) is 40.7 Å². The zero-order valence-corrected chi connectivity index (χ0v) is 11.2. The first-order valence-electron chi connectivity index (χ1n) is 5.73. The predicted molar refractivity (Wildman–Crippen MR) is 69.5 cm³/mol. The number of fused-ring (bicyclic) bond motifs is 1. The van der Waals surface area contributed by atoms with Crippen LogP contribution in [0.5, 0.6) is 0 Å². The second-order valence-corrected chi connectivity index (χ2v) is 3.98. The average Bonchev–Trinajstić information content (AvgIpc) is 2.86. The highest BCUT2D eigenvalue weighted by atomic mass is 16.5. The maximum atomic E-state index is 11.9. The molecule has 0 aliphatic carbocycles. The van der Waals surface area contributed by atoms with E-state index in [0.29, 0.717) is 0 Å². The maximum Gasteiger partial charge on any atom is 0.341 e. The summed E-state index contributed by atoms with van der Waals surface area (Å²) < 4.78 is 10.6. The van der Waals surface area contributed by atoms with Crippen molar-refractivity contribution in [1.82, 2.24) is 4.40 Å². The van der Waals surface area contributed by atoms with Crippen molar-refractivity contribution in [2.75, 3.05) is 14.2 Å². The van der Waals surface area contributed by atoms with Crippen LogP contribution < -0.4 is 0 Å². The summed E-state index contributed by atoms with van der Waals surface area (Å²) in [7, 11) is 2.32. The first-order chi connectivity index (χ1) is 10.1. The number of methoxy groups -OCH3 is 2. The second kappa shape index (κ2) is 5.35. The minimum Gasteiger partial charge on any atom is -0.465 e.